The van der Waals surface area contributed by atoms with Gasteiger partial charge < -0.3 is 9.84 Å². The van der Waals surface area contributed by atoms with Gasteiger partial charge in [0.1, 0.15) is 0 Å². The van der Waals surface area contributed by atoms with Crippen LogP contribution in [0, 0.1) is 11.3 Å². The lowest BCUT2D eigenvalue weighted by atomic mass is 10.3. The number of nitriles is 1. The molecular weight excluding hydrogens is 130 g/mol. The second kappa shape index (κ2) is 11.2. The van der Waals surface area contributed by atoms with Gasteiger partial charge in [0.05, 0.1) is 6.07 Å². The van der Waals surface area contributed by atoms with Crippen molar-refractivity contribution in [1.29, 1.82) is 5.26 Å². The van der Waals surface area contributed by atoms with Gasteiger partial charge in [-0.15, -0.1) is 0 Å². The lowest BCUT2D eigenvalue weighted by Gasteiger charge is -2.03. The average Bonchev–Trinajstić information content (AvgIpc) is 1.90. The third kappa shape index (κ3) is 15.7. The number of hydrogen-bond donors (Lipinski definition) is 1. The molecule has 0 aliphatic heterocycles. The minimum absolute atomic E-state index is 0.551. The molecule has 0 aliphatic rings. The van der Waals surface area contributed by atoms with E-state index in [0.29, 0.717) is 0 Å². The lowest BCUT2D eigenvalue weighted by Crippen LogP contribution is -2.06. The zero-order chi connectivity index (χ0) is 8.41. The van der Waals surface area contributed by atoms with Gasteiger partial charge in [0.2, 0.25) is 0 Å². The Hall–Kier alpha value is -0.590. The number of rotatable bonds is 3. The molecule has 0 rings (SSSR count). The van der Waals surface area contributed by atoms with Crippen LogP contribution in [0.2, 0.25) is 0 Å². The predicted octanol–water partition coefficient (Wildman–Crippen LogP) is 1.28. The van der Waals surface area contributed by atoms with Crippen molar-refractivity contribution in [3.05, 3.63) is 0 Å². The molecule has 0 fully saturated rings. The molecule has 0 amide bonds. The Balaban J connectivity index is 0. The van der Waals surface area contributed by atoms with Crippen LogP contribution in [0.1, 0.15) is 26.7 Å². The molecule has 0 radical (unpaired) electrons. The number of hydrogen-bond acceptors (Lipinski definition) is 3. The van der Waals surface area contributed by atoms with Crippen LogP contribution in [0.4, 0.5) is 0 Å². The summed E-state index contributed by atoms with van der Waals surface area (Å²) in [5, 5.41) is 16.0. The Morgan fingerprint density at radius 2 is 2.10 bits per heavy atom. The van der Waals surface area contributed by atoms with Gasteiger partial charge in [-0.05, 0) is 6.42 Å². The number of ether oxygens (including phenoxy) is 1. The van der Waals surface area contributed by atoms with Gasteiger partial charge in [-0.2, -0.15) is 5.26 Å². The van der Waals surface area contributed by atoms with Crippen molar-refractivity contribution in [2.75, 3.05) is 7.11 Å². The molecule has 1 atom stereocenters. The summed E-state index contributed by atoms with van der Waals surface area (Å²) in [4.78, 5) is 0. The minimum Gasteiger partial charge on any atom is -0.368 e. The average molecular weight is 145 g/mol. The van der Waals surface area contributed by atoms with Crippen molar-refractivity contribution in [3.8, 4) is 6.07 Å². The molecule has 10 heavy (non-hydrogen) atoms. The first-order chi connectivity index (χ1) is 4.72. The quantitative estimate of drug-likeness (QED) is 0.608. The third-order valence-corrected chi connectivity index (χ3v) is 0.808. The Labute approximate surface area is 62.2 Å². The normalized spacial score (nSPS) is 10.7. The molecule has 0 heterocycles. The summed E-state index contributed by atoms with van der Waals surface area (Å²) in [5.74, 6) is 0. The lowest BCUT2D eigenvalue weighted by molar-refractivity contribution is -0.0783. The summed E-state index contributed by atoms with van der Waals surface area (Å²) in [6.45, 7) is 3.43. The maximum absolute atomic E-state index is 8.64. The van der Waals surface area contributed by atoms with Gasteiger partial charge in [-0.25, -0.2) is 0 Å². The van der Waals surface area contributed by atoms with E-state index in [2.05, 4.69) is 4.74 Å². The molecule has 1 unspecified atom stereocenters. The molecule has 0 aromatic carbocycles. The maximum Gasteiger partial charge on any atom is 0.154 e. The van der Waals surface area contributed by atoms with Gasteiger partial charge in [0, 0.05) is 14.0 Å². The van der Waals surface area contributed by atoms with Crippen molar-refractivity contribution in [3.63, 3.8) is 0 Å². The van der Waals surface area contributed by atoms with Crippen LogP contribution in [-0.2, 0) is 4.74 Å². The summed E-state index contributed by atoms with van der Waals surface area (Å²) in [5.41, 5.74) is 0. The van der Waals surface area contributed by atoms with E-state index in [4.69, 9.17) is 10.4 Å². The SMILES string of the molecule is CC#N.CCCC(O)OC. The molecule has 3 heteroatoms. The number of aliphatic hydroxyl groups excluding tert-OH is 1. The minimum atomic E-state index is -0.551. The van der Waals surface area contributed by atoms with E-state index in [1.165, 1.54) is 14.0 Å². The molecule has 0 saturated heterocycles. The van der Waals surface area contributed by atoms with Gasteiger partial charge >= 0.3 is 0 Å². The number of methoxy groups -OCH3 is 1. The zero-order valence-corrected chi connectivity index (χ0v) is 6.79. The molecule has 0 aliphatic carbocycles. The third-order valence-electron chi connectivity index (χ3n) is 0.808. The molecule has 1 N–H and O–H groups in total. The molecule has 3 nitrogen and oxygen atoms in total. The second-order valence-corrected chi connectivity index (χ2v) is 1.70. The van der Waals surface area contributed by atoms with Gasteiger partial charge in [-0.3, -0.25) is 0 Å². The first-order valence-corrected chi connectivity index (χ1v) is 3.24. The molecular formula is C7H15NO2. The summed E-state index contributed by atoms with van der Waals surface area (Å²) in [7, 11) is 1.50. The van der Waals surface area contributed by atoms with Crippen LogP contribution >= 0.6 is 0 Å². The van der Waals surface area contributed by atoms with E-state index in [0.717, 1.165) is 12.8 Å². The Kier molecular flexibility index (Phi) is 13.6. The van der Waals surface area contributed by atoms with Crippen LogP contribution in [0.25, 0.3) is 0 Å². The van der Waals surface area contributed by atoms with Crippen molar-refractivity contribution in [1.82, 2.24) is 0 Å². The van der Waals surface area contributed by atoms with E-state index in [-0.39, 0.29) is 0 Å². The van der Waals surface area contributed by atoms with Crippen molar-refractivity contribution in [2.45, 2.75) is 33.0 Å². The topological polar surface area (TPSA) is 53.2 Å². The van der Waals surface area contributed by atoms with Gasteiger partial charge in [0.15, 0.2) is 6.29 Å². The molecule has 0 bridgehead atoms. The van der Waals surface area contributed by atoms with E-state index in [9.17, 15) is 0 Å². The fourth-order valence-electron chi connectivity index (χ4n) is 0.365. The fraction of sp³-hybridized carbons (Fsp3) is 0.857. The summed E-state index contributed by atoms with van der Waals surface area (Å²) in [6, 6.07) is 1.75. The van der Waals surface area contributed by atoms with Crippen molar-refractivity contribution < 1.29 is 9.84 Å². The Morgan fingerprint density at radius 1 is 1.70 bits per heavy atom. The maximum atomic E-state index is 8.64. The molecule has 0 aromatic rings. The number of aliphatic hydroxyl groups is 1. The fourth-order valence-corrected chi connectivity index (χ4v) is 0.365. The molecule has 0 saturated carbocycles. The van der Waals surface area contributed by atoms with E-state index in [1.54, 1.807) is 6.07 Å². The summed E-state index contributed by atoms with van der Waals surface area (Å²) >= 11 is 0. The number of nitrogens with zero attached hydrogens (tertiary/aromatic N) is 1. The summed E-state index contributed by atoms with van der Waals surface area (Å²) < 4.78 is 4.55. The van der Waals surface area contributed by atoms with Crippen molar-refractivity contribution in [2.24, 2.45) is 0 Å². The second-order valence-electron chi connectivity index (χ2n) is 1.70. The Bertz CT molecular complexity index is 88.1. The first-order valence-electron chi connectivity index (χ1n) is 3.24. The van der Waals surface area contributed by atoms with E-state index in [1.807, 2.05) is 6.92 Å². The van der Waals surface area contributed by atoms with Crippen LogP contribution in [0.5, 0.6) is 0 Å². The van der Waals surface area contributed by atoms with Crippen LogP contribution < -0.4 is 0 Å². The molecule has 0 aromatic heterocycles. The highest BCUT2D eigenvalue weighted by molar-refractivity contribution is 4.51. The van der Waals surface area contributed by atoms with E-state index >= 15 is 0 Å². The first kappa shape index (κ1) is 12.1. The zero-order valence-electron chi connectivity index (χ0n) is 6.79. The smallest absolute Gasteiger partial charge is 0.154 e. The van der Waals surface area contributed by atoms with Gasteiger partial charge in [-0.1, -0.05) is 13.3 Å². The molecule has 0 spiro atoms. The summed E-state index contributed by atoms with van der Waals surface area (Å²) in [6.07, 6.45) is 1.15. The highest BCUT2D eigenvalue weighted by Gasteiger charge is 1.94. The highest BCUT2D eigenvalue weighted by Crippen LogP contribution is 1.93. The molecule has 60 valence electrons. The highest BCUT2D eigenvalue weighted by atomic mass is 16.6. The van der Waals surface area contributed by atoms with Gasteiger partial charge in [0.25, 0.3) is 0 Å². The monoisotopic (exact) mass is 145 g/mol. The standard InChI is InChI=1S/C5H12O2.C2H3N/c1-3-4-5(6)7-2;1-2-3/h5-6H,3-4H2,1-2H3;1H3. The van der Waals surface area contributed by atoms with Crippen molar-refractivity contribution >= 4 is 0 Å². The van der Waals surface area contributed by atoms with E-state index < -0.39 is 6.29 Å². The Morgan fingerprint density at radius 3 is 2.20 bits per heavy atom. The van der Waals surface area contributed by atoms with Crippen LogP contribution in [-0.4, -0.2) is 18.5 Å². The van der Waals surface area contributed by atoms with Crippen LogP contribution in [0.3, 0.4) is 0 Å². The predicted molar refractivity (Wildman–Crippen MR) is 39.2 cm³/mol. The van der Waals surface area contributed by atoms with Crippen LogP contribution in [0.15, 0.2) is 0 Å². The largest absolute Gasteiger partial charge is 0.368 e.